The van der Waals surface area contributed by atoms with Crippen LogP contribution in [-0.4, -0.2) is 24.0 Å². The Morgan fingerprint density at radius 2 is 2.00 bits per heavy atom. The van der Waals surface area contributed by atoms with Gasteiger partial charge in [0.25, 0.3) is 0 Å². The van der Waals surface area contributed by atoms with Crippen LogP contribution in [0.1, 0.15) is 44.7 Å². The lowest BCUT2D eigenvalue weighted by Gasteiger charge is -2.27. The standard InChI is InChI=1S/C16H24F2N2/c1-11(2)20(10-12-6-7-12)9-8-15(19)13-4-3-5-14(17)16(13)18/h3-5,11-12,15H,6-10,19H2,1-2H3. The molecule has 0 heterocycles. The SMILES string of the molecule is CC(C)N(CCC(N)c1cccc(F)c1F)CC1CC1. The first kappa shape index (κ1) is 15.4. The first-order chi connectivity index (χ1) is 9.49. The summed E-state index contributed by atoms with van der Waals surface area (Å²) in [6.45, 7) is 6.24. The Bertz CT molecular complexity index is 444. The molecule has 0 aromatic heterocycles. The minimum Gasteiger partial charge on any atom is -0.324 e. The van der Waals surface area contributed by atoms with Crippen LogP contribution in [0.2, 0.25) is 0 Å². The molecule has 20 heavy (non-hydrogen) atoms. The molecule has 0 saturated heterocycles. The maximum atomic E-state index is 13.7. The van der Waals surface area contributed by atoms with Crippen molar-refractivity contribution in [1.29, 1.82) is 0 Å². The van der Waals surface area contributed by atoms with Crippen LogP contribution in [0.5, 0.6) is 0 Å². The van der Waals surface area contributed by atoms with Gasteiger partial charge in [-0.05, 0) is 45.1 Å². The Labute approximate surface area is 120 Å². The Morgan fingerprint density at radius 3 is 2.60 bits per heavy atom. The molecule has 1 saturated carbocycles. The van der Waals surface area contributed by atoms with E-state index in [2.05, 4.69) is 18.7 Å². The van der Waals surface area contributed by atoms with Gasteiger partial charge in [0.2, 0.25) is 0 Å². The molecule has 0 aliphatic heterocycles. The van der Waals surface area contributed by atoms with Gasteiger partial charge in [0, 0.05) is 30.7 Å². The molecule has 1 aliphatic rings. The molecule has 1 atom stereocenters. The quantitative estimate of drug-likeness (QED) is 0.829. The third kappa shape index (κ3) is 4.00. The Balaban J connectivity index is 1.92. The molecule has 1 aliphatic carbocycles. The zero-order valence-corrected chi connectivity index (χ0v) is 12.3. The zero-order valence-electron chi connectivity index (χ0n) is 12.3. The molecule has 2 nitrogen and oxygen atoms in total. The second-order valence-electron chi connectivity index (χ2n) is 6.07. The van der Waals surface area contributed by atoms with E-state index < -0.39 is 17.7 Å². The molecule has 2 N–H and O–H groups in total. The lowest BCUT2D eigenvalue weighted by Crippen LogP contribution is -2.35. The largest absolute Gasteiger partial charge is 0.324 e. The van der Waals surface area contributed by atoms with Gasteiger partial charge in [0.05, 0.1) is 0 Å². The molecule has 1 aromatic rings. The molecule has 0 bridgehead atoms. The van der Waals surface area contributed by atoms with Crippen molar-refractivity contribution in [1.82, 2.24) is 4.90 Å². The van der Waals surface area contributed by atoms with E-state index in [1.807, 2.05) is 0 Å². The monoisotopic (exact) mass is 282 g/mol. The molecule has 0 spiro atoms. The normalized spacial score (nSPS) is 16.9. The van der Waals surface area contributed by atoms with Gasteiger partial charge in [-0.1, -0.05) is 12.1 Å². The van der Waals surface area contributed by atoms with Gasteiger partial charge in [-0.25, -0.2) is 8.78 Å². The van der Waals surface area contributed by atoms with Crippen LogP contribution in [0.15, 0.2) is 18.2 Å². The number of halogens is 2. The highest BCUT2D eigenvalue weighted by molar-refractivity contribution is 5.22. The van der Waals surface area contributed by atoms with E-state index in [1.54, 1.807) is 6.07 Å². The molecule has 1 fully saturated rings. The van der Waals surface area contributed by atoms with Crippen molar-refractivity contribution < 1.29 is 8.78 Å². The third-order valence-corrected chi connectivity index (χ3v) is 4.03. The van der Waals surface area contributed by atoms with Gasteiger partial charge in [0.15, 0.2) is 11.6 Å². The predicted molar refractivity (Wildman–Crippen MR) is 77.3 cm³/mol. The van der Waals surface area contributed by atoms with Crippen molar-refractivity contribution in [3.63, 3.8) is 0 Å². The van der Waals surface area contributed by atoms with E-state index in [1.165, 1.54) is 18.9 Å². The first-order valence-electron chi connectivity index (χ1n) is 7.42. The summed E-state index contributed by atoms with van der Waals surface area (Å²) in [5, 5.41) is 0. The molecule has 112 valence electrons. The smallest absolute Gasteiger partial charge is 0.163 e. The molecule has 0 amide bonds. The summed E-state index contributed by atoms with van der Waals surface area (Å²) in [5.74, 6) is -0.811. The summed E-state index contributed by atoms with van der Waals surface area (Å²) in [5.41, 5.74) is 6.30. The highest BCUT2D eigenvalue weighted by Crippen LogP contribution is 2.30. The summed E-state index contributed by atoms with van der Waals surface area (Å²) in [4.78, 5) is 2.38. The van der Waals surface area contributed by atoms with Crippen molar-refractivity contribution in [2.75, 3.05) is 13.1 Å². The molecule has 4 heteroatoms. The molecule has 2 rings (SSSR count). The maximum Gasteiger partial charge on any atom is 0.163 e. The van der Waals surface area contributed by atoms with E-state index in [9.17, 15) is 8.78 Å². The molecule has 1 aromatic carbocycles. The second-order valence-corrected chi connectivity index (χ2v) is 6.07. The number of benzene rings is 1. The summed E-state index contributed by atoms with van der Waals surface area (Å²) in [7, 11) is 0. The van der Waals surface area contributed by atoms with Crippen LogP contribution in [0.4, 0.5) is 8.78 Å². The molecule has 1 unspecified atom stereocenters. The van der Waals surface area contributed by atoms with Crippen molar-refractivity contribution in [2.45, 2.75) is 45.2 Å². The summed E-state index contributed by atoms with van der Waals surface area (Å²) in [6, 6.07) is 4.21. The van der Waals surface area contributed by atoms with Crippen LogP contribution in [0, 0.1) is 17.6 Å². The van der Waals surface area contributed by atoms with Crippen LogP contribution in [0.3, 0.4) is 0 Å². The fourth-order valence-electron chi connectivity index (χ4n) is 2.46. The van der Waals surface area contributed by atoms with Crippen molar-refractivity contribution >= 4 is 0 Å². The number of nitrogens with two attached hydrogens (primary N) is 1. The van der Waals surface area contributed by atoms with Gasteiger partial charge in [0.1, 0.15) is 0 Å². The van der Waals surface area contributed by atoms with Gasteiger partial charge in [-0.3, -0.25) is 0 Å². The van der Waals surface area contributed by atoms with Crippen molar-refractivity contribution in [2.24, 2.45) is 11.7 Å². The average molecular weight is 282 g/mol. The summed E-state index contributed by atoms with van der Waals surface area (Å²) >= 11 is 0. The Kier molecular flexibility index (Phi) is 5.11. The Hall–Kier alpha value is -1.00. The fourth-order valence-corrected chi connectivity index (χ4v) is 2.46. The Morgan fingerprint density at radius 1 is 1.30 bits per heavy atom. The van der Waals surface area contributed by atoms with Gasteiger partial charge in [-0.15, -0.1) is 0 Å². The highest BCUT2D eigenvalue weighted by Gasteiger charge is 2.26. The third-order valence-electron chi connectivity index (χ3n) is 4.03. The molecule has 0 radical (unpaired) electrons. The van der Waals surface area contributed by atoms with Crippen LogP contribution in [0.25, 0.3) is 0 Å². The predicted octanol–water partition coefficient (Wildman–Crippen LogP) is 3.48. The van der Waals surface area contributed by atoms with Gasteiger partial charge >= 0.3 is 0 Å². The summed E-state index contributed by atoms with van der Waals surface area (Å²) in [6.07, 6.45) is 3.27. The van der Waals surface area contributed by atoms with E-state index >= 15 is 0 Å². The fraction of sp³-hybridized carbons (Fsp3) is 0.625. The van der Waals surface area contributed by atoms with Gasteiger partial charge in [-0.2, -0.15) is 0 Å². The van der Waals surface area contributed by atoms with Crippen LogP contribution >= 0.6 is 0 Å². The zero-order chi connectivity index (χ0) is 14.7. The average Bonchev–Trinajstić information content (AvgIpc) is 3.21. The van der Waals surface area contributed by atoms with E-state index in [4.69, 9.17) is 5.73 Å². The number of rotatable bonds is 7. The number of hydrogen-bond donors (Lipinski definition) is 1. The topological polar surface area (TPSA) is 29.3 Å². The van der Waals surface area contributed by atoms with E-state index in [-0.39, 0.29) is 5.56 Å². The maximum absolute atomic E-state index is 13.7. The van der Waals surface area contributed by atoms with Crippen molar-refractivity contribution in [3.8, 4) is 0 Å². The van der Waals surface area contributed by atoms with Crippen LogP contribution < -0.4 is 5.73 Å². The first-order valence-corrected chi connectivity index (χ1v) is 7.42. The summed E-state index contributed by atoms with van der Waals surface area (Å²) < 4.78 is 26.9. The van der Waals surface area contributed by atoms with E-state index in [0.29, 0.717) is 12.5 Å². The molecular formula is C16H24F2N2. The highest BCUT2D eigenvalue weighted by atomic mass is 19.2. The van der Waals surface area contributed by atoms with Crippen molar-refractivity contribution in [3.05, 3.63) is 35.4 Å². The minimum absolute atomic E-state index is 0.278. The lowest BCUT2D eigenvalue weighted by atomic mass is 10.0. The van der Waals surface area contributed by atoms with Gasteiger partial charge < -0.3 is 10.6 Å². The lowest BCUT2D eigenvalue weighted by molar-refractivity contribution is 0.204. The van der Waals surface area contributed by atoms with Crippen LogP contribution in [-0.2, 0) is 0 Å². The number of nitrogens with zero attached hydrogens (tertiary/aromatic N) is 1. The number of hydrogen-bond acceptors (Lipinski definition) is 2. The minimum atomic E-state index is -0.823. The molecular weight excluding hydrogens is 258 g/mol. The second kappa shape index (κ2) is 6.64. The van der Waals surface area contributed by atoms with E-state index in [0.717, 1.165) is 25.1 Å².